The third-order valence-corrected chi connectivity index (χ3v) is 5.61. The first-order valence-electron chi connectivity index (χ1n) is 8.19. The maximum Gasteiger partial charge on any atom is 0.254 e. The lowest BCUT2D eigenvalue weighted by molar-refractivity contribution is -0.131. The quantitative estimate of drug-likeness (QED) is 0.826. The first-order valence-corrected chi connectivity index (χ1v) is 9.39. The second-order valence-electron chi connectivity index (χ2n) is 6.10. The molecule has 0 radical (unpaired) electrons. The maximum absolute atomic E-state index is 12.5. The average Bonchev–Trinajstić information content (AvgIpc) is 2.91. The fourth-order valence-corrected chi connectivity index (χ4v) is 4.07. The first kappa shape index (κ1) is 17.9. The van der Waals surface area contributed by atoms with Crippen LogP contribution in [0.25, 0.3) is 0 Å². The molecule has 0 unspecified atom stereocenters. The van der Waals surface area contributed by atoms with E-state index in [0.717, 1.165) is 15.6 Å². The molecule has 7 heteroatoms. The summed E-state index contributed by atoms with van der Waals surface area (Å²) in [5, 5.41) is 1.53. The number of thiazole rings is 1. The van der Waals surface area contributed by atoms with E-state index >= 15 is 0 Å². The molecule has 0 aliphatic carbocycles. The number of piperazine rings is 1. The summed E-state index contributed by atoms with van der Waals surface area (Å²) in [6.07, 6.45) is 0.388. The lowest BCUT2D eigenvalue weighted by Gasteiger charge is -2.34. The van der Waals surface area contributed by atoms with Crippen molar-refractivity contribution >= 4 is 34.8 Å². The summed E-state index contributed by atoms with van der Waals surface area (Å²) in [5.41, 5.74) is 1.52. The van der Waals surface area contributed by atoms with Crippen LogP contribution in [0.3, 0.4) is 0 Å². The summed E-state index contributed by atoms with van der Waals surface area (Å²) in [6, 6.07) is 6.96. The molecular formula is C18H20ClN3O2S. The van der Waals surface area contributed by atoms with Gasteiger partial charge >= 0.3 is 0 Å². The van der Waals surface area contributed by atoms with Crippen molar-refractivity contribution in [2.24, 2.45) is 0 Å². The van der Waals surface area contributed by atoms with Gasteiger partial charge < -0.3 is 9.80 Å². The molecule has 1 aromatic heterocycles. The third kappa shape index (κ3) is 4.19. The molecule has 3 rings (SSSR count). The van der Waals surface area contributed by atoms with E-state index in [0.29, 0.717) is 43.2 Å². The van der Waals surface area contributed by atoms with Gasteiger partial charge in [-0.15, -0.1) is 11.3 Å². The minimum atomic E-state index is -0.0384. The fraction of sp³-hybridized carbons (Fsp3) is 0.389. The lowest BCUT2D eigenvalue weighted by Crippen LogP contribution is -2.51. The van der Waals surface area contributed by atoms with E-state index in [-0.39, 0.29) is 11.8 Å². The van der Waals surface area contributed by atoms with Crippen LogP contribution in [0.4, 0.5) is 0 Å². The van der Waals surface area contributed by atoms with Crippen molar-refractivity contribution in [1.29, 1.82) is 0 Å². The second-order valence-corrected chi connectivity index (χ2v) is 7.83. The number of carbonyl (C=O) groups is 2. The smallest absolute Gasteiger partial charge is 0.254 e. The van der Waals surface area contributed by atoms with Crippen LogP contribution in [0.15, 0.2) is 24.3 Å². The van der Waals surface area contributed by atoms with E-state index in [4.69, 9.17) is 11.6 Å². The van der Waals surface area contributed by atoms with E-state index in [9.17, 15) is 9.59 Å². The van der Waals surface area contributed by atoms with E-state index in [2.05, 4.69) is 4.98 Å². The molecule has 0 bridgehead atoms. The molecule has 25 heavy (non-hydrogen) atoms. The van der Waals surface area contributed by atoms with E-state index in [1.165, 1.54) is 0 Å². The minimum Gasteiger partial charge on any atom is -0.339 e. The van der Waals surface area contributed by atoms with Crippen LogP contribution in [-0.4, -0.2) is 52.8 Å². The van der Waals surface area contributed by atoms with Gasteiger partial charge in [0, 0.05) is 41.6 Å². The third-order valence-electron chi connectivity index (χ3n) is 4.30. The summed E-state index contributed by atoms with van der Waals surface area (Å²) in [7, 11) is 0. The lowest BCUT2D eigenvalue weighted by atomic mass is 10.1. The molecule has 1 aliphatic heterocycles. The molecule has 2 amide bonds. The van der Waals surface area contributed by atoms with Crippen molar-refractivity contribution < 1.29 is 9.59 Å². The Balaban J connectivity index is 1.57. The molecule has 1 saturated heterocycles. The molecule has 1 fully saturated rings. The number of aromatic nitrogens is 1. The van der Waals surface area contributed by atoms with Gasteiger partial charge in [0.1, 0.15) is 0 Å². The normalized spacial score (nSPS) is 14.7. The van der Waals surface area contributed by atoms with Crippen LogP contribution in [0.2, 0.25) is 5.02 Å². The van der Waals surface area contributed by atoms with Gasteiger partial charge in [-0.25, -0.2) is 4.98 Å². The minimum absolute atomic E-state index is 0.0384. The highest BCUT2D eigenvalue weighted by atomic mass is 35.5. The molecule has 2 heterocycles. The van der Waals surface area contributed by atoms with Crippen molar-refractivity contribution in [3.05, 3.63) is 50.4 Å². The van der Waals surface area contributed by atoms with Gasteiger partial charge in [-0.05, 0) is 32.0 Å². The van der Waals surface area contributed by atoms with Crippen molar-refractivity contribution in [1.82, 2.24) is 14.8 Å². The van der Waals surface area contributed by atoms with Crippen LogP contribution >= 0.6 is 22.9 Å². The molecule has 5 nitrogen and oxygen atoms in total. The van der Waals surface area contributed by atoms with Crippen molar-refractivity contribution in [3.8, 4) is 0 Å². The van der Waals surface area contributed by atoms with Crippen molar-refractivity contribution in [3.63, 3.8) is 0 Å². The Morgan fingerprint density at radius 3 is 2.44 bits per heavy atom. The van der Waals surface area contributed by atoms with Gasteiger partial charge in [-0.3, -0.25) is 9.59 Å². The van der Waals surface area contributed by atoms with Gasteiger partial charge in [0.25, 0.3) is 5.91 Å². The first-order chi connectivity index (χ1) is 11.9. The SMILES string of the molecule is Cc1nc(C)c(CC(=O)N2CCN(C(=O)c3cccc(Cl)c3)CC2)s1. The molecule has 132 valence electrons. The highest BCUT2D eigenvalue weighted by molar-refractivity contribution is 7.11. The highest BCUT2D eigenvalue weighted by Gasteiger charge is 2.25. The van der Waals surface area contributed by atoms with Gasteiger partial charge in [0.05, 0.1) is 17.1 Å². The topological polar surface area (TPSA) is 53.5 Å². The van der Waals surface area contributed by atoms with Crippen LogP contribution in [0.1, 0.15) is 25.9 Å². The Labute approximate surface area is 156 Å². The summed E-state index contributed by atoms with van der Waals surface area (Å²) in [6.45, 7) is 6.08. The predicted molar refractivity (Wildman–Crippen MR) is 99.2 cm³/mol. The van der Waals surface area contributed by atoms with E-state index < -0.39 is 0 Å². The van der Waals surface area contributed by atoms with Crippen LogP contribution in [0, 0.1) is 13.8 Å². The summed E-state index contributed by atoms with van der Waals surface area (Å²) in [5.74, 6) is 0.0603. The number of amides is 2. The molecule has 0 atom stereocenters. The zero-order valence-corrected chi connectivity index (χ0v) is 15.9. The fourth-order valence-electron chi connectivity index (χ4n) is 2.95. The van der Waals surface area contributed by atoms with Crippen molar-refractivity contribution in [2.45, 2.75) is 20.3 Å². The number of benzene rings is 1. The monoisotopic (exact) mass is 377 g/mol. The Hall–Kier alpha value is -1.92. The van der Waals surface area contributed by atoms with Gasteiger partial charge in [0.15, 0.2) is 0 Å². The number of rotatable bonds is 3. The van der Waals surface area contributed by atoms with E-state index in [1.807, 2.05) is 18.7 Å². The molecule has 0 spiro atoms. The van der Waals surface area contributed by atoms with Gasteiger partial charge in [-0.1, -0.05) is 17.7 Å². The summed E-state index contributed by atoms with van der Waals surface area (Å²) >= 11 is 7.53. The predicted octanol–water partition coefficient (Wildman–Crippen LogP) is 2.94. The molecule has 0 saturated carbocycles. The number of hydrogen-bond donors (Lipinski definition) is 0. The number of hydrogen-bond acceptors (Lipinski definition) is 4. The number of aryl methyl sites for hydroxylation is 2. The number of nitrogens with zero attached hydrogens (tertiary/aromatic N) is 3. The standard InChI is InChI=1S/C18H20ClN3O2S/c1-12-16(25-13(2)20-12)11-17(23)21-6-8-22(9-7-21)18(24)14-4-3-5-15(19)10-14/h3-5,10H,6-9,11H2,1-2H3. The van der Waals surface area contributed by atoms with Crippen LogP contribution in [-0.2, 0) is 11.2 Å². The second kappa shape index (κ2) is 7.54. The van der Waals surface area contributed by atoms with Crippen LogP contribution < -0.4 is 0 Å². The summed E-state index contributed by atoms with van der Waals surface area (Å²) < 4.78 is 0. The number of halogens is 1. The number of carbonyl (C=O) groups excluding carboxylic acids is 2. The Morgan fingerprint density at radius 1 is 1.16 bits per heavy atom. The highest BCUT2D eigenvalue weighted by Crippen LogP contribution is 2.19. The van der Waals surface area contributed by atoms with Gasteiger partial charge in [-0.2, -0.15) is 0 Å². The molecule has 0 N–H and O–H groups in total. The zero-order valence-electron chi connectivity index (χ0n) is 14.3. The van der Waals surface area contributed by atoms with Crippen LogP contribution in [0.5, 0.6) is 0 Å². The maximum atomic E-state index is 12.5. The van der Waals surface area contributed by atoms with Gasteiger partial charge in [0.2, 0.25) is 5.91 Å². The molecule has 2 aromatic rings. The Morgan fingerprint density at radius 2 is 1.84 bits per heavy atom. The Kier molecular flexibility index (Phi) is 5.39. The van der Waals surface area contributed by atoms with E-state index in [1.54, 1.807) is 40.5 Å². The molecule has 1 aliphatic rings. The van der Waals surface area contributed by atoms with Crippen molar-refractivity contribution in [2.75, 3.05) is 26.2 Å². The molecular weight excluding hydrogens is 358 g/mol. The Bertz CT molecular complexity index is 797. The largest absolute Gasteiger partial charge is 0.339 e. The summed E-state index contributed by atoms with van der Waals surface area (Å²) in [4.78, 5) is 34.0. The zero-order chi connectivity index (χ0) is 18.0. The average molecular weight is 378 g/mol. The molecule has 1 aromatic carbocycles.